The summed E-state index contributed by atoms with van der Waals surface area (Å²) in [5, 5.41) is 13.5. The Morgan fingerprint density at radius 1 is 1.18 bits per heavy atom. The van der Waals surface area contributed by atoms with Crippen molar-refractivity contribution in [3.8, 4) is 0 Å². The summed E-state index contributed by atoms with van der Waals surface area (Å²) in [5.74, 6) is 0.0273. The molecule has 1 saturated carbocycles. The van der Waals surface area contributed by atoms with Crippen molar-refractivity contribution in [2.75, 3.05) is 13.2 Å². The number of esters is 1. The molecular formula is C27H41NO6. The van der Waals surface area contributed by atoms with Crippen LogP contribution in [0.1, 0.15) is 66.2 Å². The quantitative estimate of drug-likeness (QED) is 0.229. The number of hydrogen-bond donors (Lipinski definition) is 2. The van der Waals surface area contributed by atoms with Crippen LogP contribution in [0.4, 0.5) is 0 Å². The third-order valence-electron chi connectivity index (χ3n) is 7.01. The number of ether oxygens (including phenoxy) is 3. The van der Waals surface area contributed by atoms with Gasteiger partial charge < -0.3 is 24.6 Å². The SMILES string of the molecule is CC(C=C[C@H]1OCC[C@@]2(CO2)[C@@H]1O)=CCC1CCC(NC(=O)C=CC(C)OC(=O)C(C)C)CC1. The largest absolute Gasteiger partial charge is 0.458 e. The van der Waals surface area contributed by atoms with E-state index in [1.807, 2.05) is 12.2 Å². The molecule has 34 heavy (non-hydrogen) atoms. The van der Waals surface area contributed by atoms with Crippen molar-refractivity contribution in [3.05, 3.63) is 36.0 Å². The standard InChI is InChI=1S/C27H41NO6/c1-18(2)26(31)34-20(4)7-14-24(29)28-22-11-9-21(10-12-22)8-5-19(3)6-13-23-25(30)27(17-33-27)15-16-32-23/h5-7,13-14,18,20-23,25,30H,8-12,15-17H2,1-4H3,(H,28,29)/t20?,21?,22?,23-,25-,27-/m1/s1. The Morgan fingerprint density at radius 3 is 2.53 bits per heavy atom. The molecule has 7 heteroatoms. The first-order chi connectivity index (χ1) is 16.2. The van der Waals surface area contributed by atoms with E-state index in [1.54, 1.807) is 26.8 Å². The van der Waals surface area contributed by atoms with Crippen molar-refractivity contribution >= 4 is 11.9 Å². The molecule has 1 amide bonds. The predicted molar refractivity (Wildman–Crippen MR) is 130 cm³/mol. The summed E-state index contributed by atoms with van der Waals surface area (Å²) in [7, 11) is 0. The first-order valence-corrected chi connectivity index (χ1v) is 12.7. The van der Waals surface area contributed by atoms with Gasteiger partial charge >= 0.3 is 5.97 Å². The van der Waals surface area contributed by atoms with E-state index in [9.17, 15) is 14.7 Å². The second-order valence-corrected chi connectivity index (χ2v) is 10.3. The number of hydrogen-bond acceptors (Lipinski definition) is 6. The Balaban J connectivity index is 1.34. The highest BCUT2D eigenvalue weighted by atomic mass is 16.6. The van der Waals surface area contributed by atoms with Crippen molar-refractivity contribution in [3.63, 3.8) is 0 Å². The van der Waals surface area contributed by atoms with E-state index in [1.165, 1.54) is 11.6 Å². The second kappa shape index (κ2) is 12.1. The molecule has 7 nitrogen and oxygen atoms in total. The highest BCUT2D eigenvalue weighted by Gasteiger charge is 2.55. The third kappa shape index (κ3) is 7.79. The van der Waals surface area contributed by atoms with E-state index in [-0.39, 0.29) is 35.5 Å². The molecule has 2 saturated heterocycles. The maximum atomic E-state index is 12.2. The maximum Gasteiger partial charge on any atom is 0.308 e. The number of carbonyl (C=O) groups is 2. The van der Waals surface area contributed by atoms with E-state index in [0.717, 1.165) is 38.5 Å². The Morgan fingerprint density at radius 2 is 1.88 bits per heavy atom. The smallest absolute Gasteiger partial charge is 0.308 e. The normalized spacial score (nSPS) is 32.9. The maximum absolute atomic E-state index is 12.2. The zero-order valence-electron chi connectivity index (χ0n) is 21.0. The van der Waals surface area contributed by atoms with E-state index in [4.69, 9.17) is 14.2 Å². The van der Waals surface area contributed by atoms with Gasteiger partial charge in [-0.25, -0.2) is 0 Å². The topological polar surface area (TPSA) is 97.4 Å². The summed E-state index contributed by atoms with van der Waals surface area (Å²) in [6.07, 6.45) is 13.9. The van der Waals surface area contributed by atoms with Gasteiger partial charge in [0.25, 0.3) is 0 Å². The number of epoxide rings is 1. The molecule has 1 unspecified atom stereocenters. The van der Waals surface area contributed by atoms with Gasteiger partial charge in [-0.15, -0.1) is 0 Å². The van der Waals surface area contributed by atoms with Gasteiger partial charge in [-0.1, -0.05) is 37.6 Å². The summed E-state index contributed by atoms with van der Waals surface area (Å²) < 4.78 is 16.4. The number of allylic oxidation sites excluding steroid dienone is 3. The van der Waals surface area contributed by atoms with E-state index >= 15 is 0 Å². The molecule has 1 aliphatic carbocycles. The molecule has 3 aliphatic rings. The molecule has 3 fully saturated rings. The van der Waals surface area contributed by atoms with Crippen LogP contribution in [-0.2, 0) is 23.8 Å². The van der Waals surface area contributed by atoms with Crippen molar-refractivity contribution in [1.29, 1.82) is 0 Å². The lowest BCUT2D eigenvalue weighted by atomic mass is 9.83. The molecule has 3 rings (SSSR count). The number of carbonyl (C=O) groups excluding carboxylic acids is 2. The van der Waals surface area contributed by atoms with E-state index in [0.29, 0.717) is 19.1 Å². The molecule has 2 aliphatic heterocycles. The monoisotopic (exact) mass is 475 g/mol. The fourth-order valence-electron chi connectivity index (χ4n) is 4.52. The first-order valence-electron chi connectivity index (χ1n) is 12.7. The Labute approximate surface area is 203 Å². The molecule has 0 aromatic rings. The number of nitrogens with one attached hydrogen (secondary N) is 1. The minimum atomic E-state index is -0.594. The lowest BCUT2D eigenvalue weighted by molar-refractivity contribution is -0.149. The molecule has 0 bridgehead atoms. The van der Waals surface area contributed by atoms with Gasteiger partial charge in [-0.2, -0.15) is 0 Å². The van der Waals surface area contributed by atoms with Gasteiger partial charge in [0, 0.05) is 18.5 Å². The number of amides is 1. The van der Waals surface area contributed by atoms with E-state index < -0.39 is 12.2 Å². The second-order valence-electron chi connectivity index (χ2n) is 10.3. The van der Waals surface area contributed by atoms with Crippen LogP contribution in [0.25, 0.3) is 0 Å². The molecule has 2 N–H and O–H groups in total. The zero-order valence-corrected chi connectivity index (χ0v) is 21.0. The number of rotatable bonds is 9. The zero-order chi connectivity index (χ0) is 24.7. The molecule has 0 radical (unpaired) electrons. The summed E-state index contributed by atoms with van der Waals surface area (Å²) >= 11 is 0. The molecule has 190 valence electrons. The molecule has 0 aromatic heterocycles. The highest BCUT2D eigenvalue weighted by molar-refractivity contribution is 5.87. The van der Waals surface area contributed by atoms with Gasteiger partial charge in [0.2, 0.25) is 5.91 Å². The molecule has 4 atom stereocenters. The van der Waals surface area contributed by atoms with Crippen LogP contribution in [0.15, 0.2) is 36.0 Å². The molecular weight excluding hydrogens is 434 g/mol. The minimum absolute atomic E-state index is 0.137. The summed E-state index contributed by atoms with van der Waals surface area (Å²) in [6.45, 7) is 8.64. The van der Waals surface area contributed by atoms with Crippen LogP contribution in [-0.4, -0.2) is 60.2 Å². The Bertz CT molecular complexity index is 789. The van der Waals surface area contributed by atoms with Crippen LogP contribution >= 0.6 is 0 Å². The van der Waals surface area contributed by atoms with Crippen LogP contribution in [0, 0.1) is 11.8 Å². The lowest BCUT2D eigenvalue weighted by Crippen LogP contribution is -2.46. The molecule has 0 aromatic carbocycles. The van der Waals surface area contributed by atoms with Gasteiger partial charge in [0.15, 0.2) is 0 Å². The Kier molecular flexibility index (Phi) is 9.51. The summed E-state index contributed by atoms with van der Waals surface area (Å²) in [6, 6.07) is 0.189. The fraction of sp³-hybridized carbons (Fsp3) is 0.704. The lowest BCUT2D eigenvalue weighted by Gasteiger charge is -2.31. The molecule has 1 spiro atoms. The minimum Gasteiger partial charge on any atom is -0.458 e. The van der Waals surface area contributed by atoms with Crippen molar-refractivity contribution < 1.29 is 28.9 Å². The molecule has 2 heterocycles. The van der Waals surface area contributed by atoms with Gasteiger partial charge in [-0.05, 0) is 57.9 Å². The van der Waals surface area contributed by atoms with Crippen molar-refractivity contribution in [2.45, 2.75) is 96.2 Å². The van der Waals surface area contributed by atoms with Crippen molar-refractivity contribution in [2.24, 2.45) is 11.8 Å². The fourth-order valence-corrected chi connectivity index (χ4v) is 4.52. The van der Waals surface area contributed by atoms with Crippen LogP contribution in [0.3, 0.4) is 0 Å². The number of aliphatic hydroxyl groups is 1. The summed E-state index contributed by atoms with van der Waals surface area (Å²) in [4.78, 5) is 23.8. The van der Waals surface area contributed by atoms with Gasteiger partial charge in [-0.3, -0.25) is 9.59 Å². The highest BCUT2D eigenvalue weighted by Crippen LogP contribution is 2.40. The van der Waals surface area contributed by atoms with Crippen LogP contribution in [0.2, 0.25) is 0 Å². The van der Waals surface area contributed by atoms with Crippen molar-refractivity contribution in [1.82, 2.24) is 5.32 Å². The Hall–Kier alpha value is -1.96. The summed E-state index contributed by atoms with van der Waals surface area (Å²) in [5.41, 5.74) is 0.799. The van der Waals surface area contributed by atoms with Crippen LogP contribution in [0.5, 0.6) is 0 Å². The third-order valence-corrected chi connectivity index (χ3v) is 7.01. The van der Waals surface area contributed by atoms with Gasteiger partial charge in [0.05, 0.1) is 19.1 Å². The van der Waals surface area contributed by atoms with Gasteiger partial charge in [0.1, 0.15) is 23.9 Å². The number of aliphatic hydroxyl groups excluding tert-OH is 1. The first kappa shape index (κ1) is 26.6. The average molecular weight is 476 g/mol. The predicted octanol–water partition coefficient (Wildman–Crippen LogP) is 3.62. The van der Waals surface area contributed by atoms with E-state index in [2.05, 4.69) is 18.3 Å². The van der Waals surface area contributed by atoms with Crippen LogP contribution < -0.4 is 5.32 Å². The average Bonchev–Trinajstić information content (AvgIpc) is 3.58.